The summed E-state index contributed by atoms with van der Waals surface area (Å²) in [5, 5.41) is 12.9. The number of halogens is 1. The first-order valence-corrected chi connectivity index (χ1v) is 11.7. The molecular formula is C27H27FN2O6. The number of anilines is 1. The topological polar surface area (TPSA) is 107 Å². The number of rotatable bonds is 6. The van der Waals surface area contributed by atoms with Crippen molar-refractivity contribution in [3.8, 4) is 11.5 Å². The number of alkyl halides is 1. The molecule has 1 atom stereocenters. The van der Waals surface area contributed by atoms with E-state index in [1.807, 2.05) is 32.9 Å². The van der Waals surface area contributed by atoms with E-state index >= 15 is 0 Å². The van der Waals surface area contributed by atoms with Crippen LogP contribution in [0, 0.1) is 0 Å². The smallest absolute Gasteiger partial charge is 0.404 e. The number of nitrogens with one attached hydrogen (secondary N) is 1. The predicted molar refractivity (Wildman–Crippen MR) is 130 cm³/mol. The Morgan fingerprint density at radius 1 is 1.06 bits per heavy atom. The van der Waals surface area contributed by atoms with Crippen LogP contribution in [0.25, 0.3) is 10.9 Å². The van der Waals surface area contributed by atoms with Gasteiger partial charge in [0.2, 0.25) is 5.91 Å². The third-order valence-electron chi connectivity index (χ3n) is 6.73. The molecule has 1 unspecified atom stereocenters. The molecule has 1 amide bonds. The van der Waals surface area contributed by atoms with Crippen LogP contribution in [-0.2, 0) is 31.8 Å². The van der Waals surface area contributed by atoms with Gasteiger partial charge in [-0.05, 0) is 54.8 Å². The van der Waals surface area contributed by atoms with Crippen LogP contribution >= 0.6 is 0 Å². The highest BCUT2D eigenvalue weighted by molar-refractivity contribution is 6.32. The van der Waals surface area contributed by atoms with Crippen LogP contribution in [0.4, 0.5) is 10.1 Å². The first kappa shape index (κ1) is 23.8. The number of benzene rings is 2. The van der Waals surface area contributed by atoms with Crippen molar-refractivity contribution < 1.29 is 33.4 Å². The quantitative estimate of drug-likeness (QED) is 0.482. The lowest BCUT2D eigenvalue weighted by molar-refractivity contribution is -0.173. The number of aromatic nitrogens is 1. The van der Waals surface area contributed by atoms with Crippen molar-refractivity contribution in [3.05, 3.63) is 53.7 Å². The minimum atomic E-state index is -2.23. The lowest BCUT2D eigenvalue weighted by Gasteiger charge is -2.21. The second-order valence-electron chi connectivity index (χ2n) is 10.6. The van der Waals surface area contributed by atoms with Crippen LogP contribution in [0.2, 0.25) is 0 Å². The molecule has 1 saturated carbocycles. The van der Waals surface area contributed by atoms with Gasteiger partial charge in [-0.3, -0.25) is 9.59 Å². The molecule has 1 aromatic heterocycles. The summed E-state index contributed by atoms with van der Waals surface area (Å²) < 4.78 is 26.1. The Labute approximate surface area is 207 Å². The standard InChI is InChI=1S/C27H27FN2O6/c1-25(2,3)22-12-15-11-17(6-7-18(15)30(22)14-19(31)23(32)33)29-24(34)27(9-10-27)16-5-8-20-21(13-16)36-26(4,28)35-20/h5-8,11-13H,9-10,14H2,1-4H3,(H,29,34)(H,32,33). The van der Waals surface area contributed by atoms with E-state index in [9.17, 15) is 18.8 Å². The van der Waals surface area contributed by atoms with Crippen molar-refractivity contribution in [1.82, 2.24) is 4.57 Å². The second-order valence-corrected chi connectivity index (χ2v) is 10.6. The van der Waals surface area contributed by atoms with Gasteiger partial charge in [-0.2, -0.15) is 4.39 Å². The minimum absolute atomic E-state index is 0.180. The number of hydrogen-bond donors (Lipinski definition) is 2. The number of hydrogen-bond acceptors (Lipinski definition) is 5. The number of nitrogens with zero attached hydrogens (tertiary/aromatic N) is 1. The van der Waals surface area contributed by atoms with Crippen LogP contribution in [0.1, 0.15) is 51.8 Å². The monoisotopic (exact) mass is 494 g/mol. The summed E-state index contributed by atoms with van der Waals surface area (Å²) in [6.07, 6.45) is 1.30. The second kappa shape index (κ2) is 7.81. The molecule has 5 rings (SSSR count). The molecule has 0 bridgehead atoms. The number of Topliss-reactive ketones (excluding diaryl/α,β-unsaturated/α-hetero) is 1. The maximum atomic E-state index is 14.1. The molecule has 0 spiro atoms. The van der Waals surface area contributed by atoms with Gasteiger partial charge in [0.15, 0.2) is 11.5 Å². The number of amides is 1. The fourth-order valence-corrected chi connectivity index (χ4v) is 4.76. The average Bonchev–Trinajstić information content (AvgIpc) is 3.42. The van der Waals surface area contributed by atoms with Gasteiger partial charge >= 0.3 is 12.0 Å². The Hall–Kier alpha value is -3.88. The van der Waals surface area contributed by atoms with Gasteiger partial charge in [0.25, 0.3) is 5.78 Å². The Morgan fingerprint density at radius 2 is 1.75 bits per heavy atom. The Kier molecular flexibility index (Phi) is 5.17. The highest BCUT2D eigenvalue weighted by Gasteiger charge is 2.52. The summed E-state index contributed by atoms with van der Waals surface area (Å²) >= 11 is 0. The number of fused-ring (bicyclic) bond motifs is 2. The largest absolute Gasteiger partial charge is 0.475 e. The number of carboxylic acids is 1. The normalized spacial score (nSPS) is 19.8. The Morgan fingerprint density at radius 3 is 2.39 bits per heavy atom. The van der Waals surface area contributed by atoms with Crippen molar-refractivity contribution in [2.45, 2.75) is 64.0 Å². The highest BCUT2D eigenvalue weighted by atomic mass is 19.2. The van der Waals surface area contributed by atoms with Crippen molar-refractivity contribution in [1.29, 1.82) is 0 Å². The number of aliphatic carboxylic acids is 1. The summed E-state index contributed by atoms with van der Waals surface area (Å²) in [5.41, 5.74) is 1.76. The molecule has 36 heavy (non-hydrogen) atoms. The van der Waals surface area contributed by atoms with Crippen molar-refractivity contribution in [3.63, 3.8) is 0 Å². The highest BCUT2D eigenvalue weighted by Crippen LogP contribution is 2.52. The van der Waals surface area contributed by atoms with Gasteiger partial charge in [0.1, 0.15) is 0 Å². The molecule has 0 saturated heterocycles. The average molecular weight is 495 g/mol. The predicted octanol–water partition coefficient (Wildman–Crippen LogP) is 4.68. The van der Waals surface area contributed by atoms with Gasteiger partial charge in [-0.1, -0.05) is 26.8 Å². The number of carboxylic acid groups (broad SMARTS) is 1. The molecule has 1 aliphatic carbocycles. The molecule has 0 radical (unpaired) electrons. The first-order chi connectivity index (χ1) is 16.8. The molecule has 2 aliphatic rings. The molecule has 1 aliphatic heterocycles. The number of carbonyl (C=O) groups is 3. The zero-order chi connectivity index (χ0) is 26.0. The van der Waals surface area contributed by atoms with Gasteiger partial charge < -0.3 is 24.5 Å². The van der Waals surface area contributed by atoms with Crippen molar-refractivity contribution >= 4 is 34.3 Å². The summed E-state index contributed by atoms with van der Waals surface area (Å²) in [7, 11) is 0. The summed E-state index contributed by atoms with van der Waals surface area (Å²) in [6, 6.07) is 10.0. The third kappa shape index (κ3) is 4.08. The maximum absolute atomic E-state index is 14.1. The fraction of sp³-hybridized carbons (Fsp3) is 0.370. The molecule has 2 N–H and O–H groups in total. The van der Waals surface area contributed by atoms with Crippen LogP contribution in [0.5, 0.6) is 11.5 Å². The number of ketones is 1. The zero-order valence-corrected chi connectivity index (χ0v) is 20.5. The molecular weight excluding hydrogens is 467 g/mol. The Balaban J connectivity index is 1.42. The first-order valence-electron chi connectivity index (χ1n) is 11.7. The van der Waals surface area contributed by atoms with Crippen LogP contribution < -0.4 is 14.8 Å². The Bertz CT molecular complexity index is 1430. The summed E-state index contributed by atoms with van der Waals surface area (Å²) in [5.74, 6) is -1.99. The fourth-order valence-electron chi connectivity index (χ4n) is 4.76. The van der Waals surface area contributed by atoms with Crippen molar-refractivity contribution in [2.75, 3.05) is 5.32 Å². The van der Waals surface area contributed by atoms with E-state index in [-0.39, 0.29) is 23.6 Å². The van der Waals surface area contributed by atoms with Crippen LogP contribution in [0.3, 0.4) is 0 Å². The molecule has 188 valence electrons. The molecule has 3 aromatic rings. The lowest BCUT2D eigenvalue weighted by atomic mass is 9.92. The molecule has 2 heterocycles. The van der Waals surface area contributed by atoms with E-state index in [1.54, 1.807) is 34.9 Å². The van der Waals surface area contributed by atoms with E-state index in [2.05, 4.69) is 5.32 Å². The van der Waals surface area contributed by atoms with E-state index < -0.39 is 23.2 Å². The maximum Gasteiger partial charge on any atom is 0.404 e. The number of carbonyl (C=O) groups excluding carboxylic acids is 2. The molecule has 2 aromatic carbocycles. The van der Waals surface area contributed by atoms with Gasteiger partial charge in [-0.25, -0.2) is 4.79 Å². The summed E-state index contributed by atoms with van der Waals surface area (Å²) in [4.78, 5) is 36.5. The molecule has 8 nitrogen and oxygen atoms in total. The zero-order valence-electron chi connectivity index (χ0n) is 20.5. The summed E-state index contributed by atoms with van der Waals surface area (Å²) in [6.45, 7) is 6.86. The lowest BCUT2D eigenvalue weighted by Crippen LogP contribution is -2.28. The van der Waals surface area contributed by atoms with E-state index in [0.717, 1.165) is 16.6 Å². The molecule has 9 heteroatoms. The van der Waals surface area contributed by atoms with Gasteiger partial charge in [0, 0.05) is 34.6 Å². The third-order valence-corrected chi connectivity index (χ3v) is 6.73. The SMILES string of the molecule is CC1(F)Oc2ccc(C3(C(=O)Nc4ccc5c(c4)cc(C(C)(C)C)n5CC(=O)C(=O)O)CC3)cc2O1. The van der Waals surface area contributed by atoms with Crippen molar-refractivity contribution in [2.24, 2.45) is 0 Å². The van der Waals surface area contributed by atoms with Gasteiger partial charge in [-0.15, -0.1) is 0 Å². The van der Waals surface area contributed by atoms with E-state index in [0.29, 0.717) is 29.8 Å². The van der Waals surface area contributed by atoms with Gasteiger partial charge in [0.05, 0.1) is 12.0 Å². The van der Waals surface area contributed by atoms with Crippen LogP contribution in [-0.4, -0.2) is 33.4 Å². The minimum Gasteiger partial charge on any atom is -0.475 e. The van der Waals surface area contributed by atoms with E-state index in [4.69, 9.17) is 14.6 Å². The van der Waals surface area contributed by atoms with E-state index in [1.165, 1.54) is 6.92 Å². The molecule has 1 fully saturated rings. The van der Waals surface area contributed by atoms with Crippen LogP contribution in [0.15, 0.2) is 42.5 Å². The number of ether oxygens (including phenoxy) is 2.